The van der Waals surface area contributed by atoms with E-state index < -0.39 is 12.0 Å². The standard InChI is InChI=1S/C9H11ClN2O2/c1-5-8(10)7(3-4-11-5)12-6(2)9(13)14/h3-4,6H,1-2H3,(H,11,12)(H,13,14)/t6-/m1/s1. The van der Waals surface area contributed by atoms with Crippen LogP contribution in [0.2, 0.25) is 5.02 Å². The van der Waals surface area contributed by atoms with Gasteiger partial charge in [0, 0.05) is 6.20 Å². The minimum atomic E-state index is -0.921. The van der Waals surface area contributed by atoms with E-state index in [1.807, 2.05) is 0 Å². The Hall–Kier alpha value is -1.29. The maximum atomic E-state index is 10.6. The number of rotatable bonds is 3. The third-order valence-corrected chi connectivity index (χ3v) is 2.28. The van der Waals surface area contributed by atoms with E-state index in [1.165, 1.54) is 0 Å². The molecule has 0 aliphatic rings. The highest BCUT2D eigenvalue weighted by molar-refractivity contribution is 6.33. The molecular weight excluding hydrogens is 204 g/mol. The Labute approximate surface area is 86.9 Å². The molecule has 0 aromatic carbocycles. The fourth-order valence-electron chi connectivity index (χ4n) is 0.955. The highest BCUT2D eigenvalue weighted by Crippen LogP contribution is 2.23. The highest BCUT2D eigenvalue weighted by Gasteiger charge is 2.12. The van der Waals surface area contributed by atoms with Crippen LogP contribution in [-0.4, -0.2) is 22.1 Å². The Morgan fingerprint density at radius 3 is 2.93 bits per heavy atom. The summed E-state index contributed by atoms with van der Waals surface area (Å²) in [7, 11) is 0. The van der Waals surface area contributed by atoms with Crippen LogP contribution in [0.25, 0.3) is 0 Å². The Kier molecular flexibility index (Phi) is 3.30. The number of pyridine rings is 1. The van der Waals surface area contributed by atoms with Crippen molar-refractivity contribution in [1.82, 2.24) is 4.98 Å². The third-order valence-electron chi connectivity index (χ3n) is 1.81. The number of nitrogens with one attached hydrogen (secondary N) is 1. The molecule has 0 spiro atoms. The van der Waals surface area contributed by atoms with Gasteiger partial charge in [-0.15, -0.1) is 0 Å². The summed E-state index contributed by atoms with van der Waals surface area (Å²) < 4.78 is 0. The van der Waals surface area contributed by atoms with Crippen LogP contribution in [0.5, 0.6) is 0 Å². The smallest absolute Gasteiger partial charge is 0.325 e. The molecule has 4 nitrogen and oxygen atoms in total. The van der Waals surface area contributed by atoms with Crippen molar-refractivity contribution in [2.45, 2.75) is 19.9 Å². The predicted molar refractivity (Wildman–Crippen MR) is 54.7 cm³/mol. The molecule has 1 rings (SSSR count). The van der Waals surface area contributed by atoms with Crippen LogP contribution < -0.4 is 5.32 Å². The van der Waals surface area contributed by atoms with Gasteiger partial charge in [0.15, 0.2) is 0 Å². The average Bonchev–Trinajstić information content (AvgIpc) is 2.12. The van der Waals surface area contributed by atoms with Crippen LogP contribution in [-0.2, 0) is 4.79 Å². The summed E-state index contributed by atoms with van der Waals surface area (Å²) in [5.41, 5.74) is 1.27. The molecule has 0 saturated carbocycles. The zero-order valence-corrected chi connectivity index (χ0v) is 8.67. The number of hydrogen-bond donors (Lipinski definition) is 2. The number of hydrogen-bond acceptors (Lipinski definition) is 3. The topological polar surface area (TPSA) is 62.2 Å². The Bertz CT molecular complexity index is 355. The zero-order valence-electron chi connectivity index (χ0n) is 7.91. The fourth-order valence-corrected chi connectivity index (χ4v) is 1.12. The number of carboxylic acid groups (broad SMARTS) is 1. The van der Waals surface area contributed by atoms with E-state index in [2.05, 4.69) is 10.3 Å². The van der Waals surface area contributed by atoms with Crippen molar-refractivity contribution in [3.05, 3.63) is 23.0 Å². The lowest BCUT2D eigenvalue weighted by molar-refractivity contribution is -0.137. The van der Waals surface area contributed by atoms with E-state index in [1.54, 1.807) is 26.1 Å². The predicted octanol–water partition coefficient (Wildman–Crippen LogP) is 1.93. The molecule has 0 saturated heterocycles. The third kappa shape index (κ3) is 2.35. The largest absolute Gasteiger partial charge is 0.480 e. The van der Waals surface area contributed by atoms with Crippen LogP contribution >= 0.6 is 11.6 Å². The maximum Gasteiger partial charge on any atom is 0.325 e. The van der Waals surface area contributed by atoms with Crippen molar-refractivity contribution in [2.75, 3.05) is 5.32 Å². The summed E-state index contributed by atoms with van der Waals surface area (Å²) in [6.45, 7) is 3.31. The number of anilines is 1. The van der Waals surface area contributed by atoms with Gasteiger partial charge in [0.2, 0.25) is 0 Å². The molecule has 1 atom stereocenters. The van der Waals surface area contributed by atoms with E-state index in [-0.39, 0.29) is 0 Å². The molecule has 0 aliphatic heterocycles. The molecule has 0 aliphatic carbocycles. The minimum Gasteiger partial charge on any atom is -0.480 e. The molecule has 5 heteroatoms. The van der Waals surface area contributed by atoms with Crippen LogP contribution in [0.15, 0.2) is 12.3 Å². The van der Waals surface area contributed by atoms with Gasteiger partial charge in [-0.05, 0) is 19.9 Å². The van der Waals surface area contributed by atoms with Crippen LogP contribution in [0.3, 0.4) is 0 Å². The molecule has 0 bridgehead atoms. The van der Waals surface area contributed by atoms with Gasteiger partial charge >= 0.3 is 5.97 Å². The summed E-state index contributed by atoms with van der Waals surface area (Å²) in [4.78, 5) is 14.6. The van der Waals surface area contributed by atoms with E-state index in [0.717, 1.165) is 0 Å². The number of aliphatic carboxylic acids is 1. The summed E-state index contributed by atoms with van der Waals surface area (Å²) >= 11 is 5.92. The number of halogens is 1. The van der Waals surface area contributed by atoms with E-state index >= 15 is 0 Å². The molecule has 0 radical (unpaired) electrons. The Morgan fingerprint density at radius 1 is 1.71 bits per heavy atom. The number of carbonyl (C=O) groups is 1. The Balaban J connectivity index is 2.87. The normalized spacial score (nSPS) is 12.2. The first kappa shape index (κ1) is 10.8. The van der Waals surface area contributed by atoms with E-state index in [4.69, 9.17) is 16.7 Å². The molecule has 2 N–H and O–H groups in total. The average molecular weight is 215 g/mol. The van der Waals surface area contributed by atoms with Crippen LogP contribution in [0.1, 0.15) is 12.6 Å². The molecule has 76 valence electrons. The summed E-state index contributed by atoms with van der Waals surface area (Å²) in [6.07, 6.45) is 1.58. The molecule has 0 fully saturated rings. The number of aromatic nitrogens is 1. The van der Waals surface area contributed by atoms with Crippen molar-refractivity contribution in [3.8, 4) is 0 Å². The van der Waals surface area contributed by atoms with Gasteiger partial charge in [-0.1, -0.05) is 11.6 Å². The second kappa shape index (κ2) is 4.28. The fraction of sp³-hybridized carbons (Fsp3) is 0.333. The number of aryl methyl sites for hydroxylation is 1. The lowest BCUT2D eigenvalue weighted by Gasteiger charge is -2.12. The molecule has 14 heavy (non-hydrogen) atoms. The minimum absolute atomic E-state index is 0.459. The van der Waals surface area contributed by atoms with Gasteiger partial charge in [0.05, 0.1) is 16.4 Å². The first-order valence-corrected chi connectivity index (χ1v) is 4.50. The quantitative estimate of drug-likeness (QED) is 0.807. The summed E-state index contributed by atoms with van der Waals surface area (Å²) in [5.74, 6) is -0.921. The molecule has 1 heterocycles. The van der Waals surface area contributed by atoms with Gasteiger partial charge in [0.1, 0.15) is 6.04 Å². The number of carboxylic acids is 1. The van der Waals surface area contributed by atoms with Gasteiger partial charge in [-0.3, -0.25) is 9.78 Å². The SMILES string of the molecule is Cc1nccc(N[C@H](C)C(=O)O)c1Cl. The van der Waals surface area contributed by atoms with E-state index in [0.29, 0.717) is 16.4 Å². The first-order valence-electron chi connectivity index (χ1n) is 4.13. The van der Waals surface area contributed by atoms with Crippen molar-refractivity contribution in [2.24, 2.45) is 0 Å². The van der Waals surface area contributed by atoms with Crippen molar-refractivity contribution < 1.29 is 9.90 Å². The molecular formula is C9H11ClN2O2. The van der Waals surface area contributed by atoms with Gasteiger partial charge in [0.25, 0.3) is 0 Å². The second-order valence-corrected chi connectivity index (χ2v) is 3.34. The summed E-state index contributed by atoms with van der Waals surface area (Å²) in [5, 5.41) is 11.9. The van der Waals surface area contributed by atoms with Gasteiger partial charge < -0.3 is 10.4 Å². The van der Waals surface area contributed by atoms with Crippen molar-refractivity contribution >= 4 is 23.3 Å². The molecule has 1 aromatic heterocycles. The zero-order chi connectivity index (χ0) is 10.7. The van der Waals surface area contributed by atoms with Crippen molar-refractivity contribution in [3.63, 3.8) is 0 Å². The molecule has 0 amide bonds. The van der Waals surface area contributed by atoms with Crippen LogP contribution in [0.4, 0.5) is 5.69 Å². The molecule has 1 aromatic rings. The maximum absolute atomic E-state index is 10.6. The van der Waals surface area contributed by atoms with E-state index in [9.17, 15) is 4.79 Å². The summed E-state index contributed by atoms with van der Waals surface area (Å²) in [6, 6.07) is 0.976. The second-order valence-electron chi connectivity index (χ2n) is 2.96. The van der Waals surface area contributed by atoms with Gasteiger partial charge in [-0.2, -0.15) is 0 Å². The Morgan fingerprint density at radius 2 is 2.36 bits per heavy atom. The molecule has 0 unspecified atom stereocenters. The monoisotopic (exact) mass is 214 g/mol. The highest BCUT2D eigenvalue weighted by atomic mass is 35.5. The lowest BCUT2D eigenvalue weighted by atomic mass is 10.3. The first-order chi connectivity index (χ1) is 6.52. The van der Waals surface area contributed by atoms with Crippen molar-refractivity contribution in [1.29, 1.82) is 0 Å². The lowest BCUT2D eigenvalue weighted by Crippen LogP contribution is -2.25. The van der Waals surface area contributed by atoms with Crippen LogP contribution in [0, 0.1) is 6.92 Å². The number of nitrogens with zero attached hydrogens (tertiary/aromatic N) is 1. The van der Waals surface area contributed by atoms with Gasteiger partial charge in [-0.25, -0.2) is 0 Å².